The lowest BCUT2D eigenvalue weighted by Crippen LogP contribution is -2.14. The third kappa shape index (κ3) is 5.61. The minimum atomic E-state index is -0.186. The van der Waals surface area contributed by atoms with Gasteiger partial charge in [-0.1, -0.05) is 135 Å². The number of benzene rings is 9. The van der Waals surface area contributed by atoms with E-state index < -0.39 is 0 Å². The fraction of sp³-hybridized carbons (Fsp3) is 0.0508. The zero-order chi connectivity index (χ0) is 41.8. The van der Waals surface area contributed by atoms with Crippen molar-refractivity contribution < 1.29 is 8.83 Å². The van der Waals surface area contributed by atoms with Crippen LogP contribution in [0.3, 0.4) is 0 Å². The molecule has 4 nitrogen and oxygen atoms in total. The topological polar surface area (TPSA) is 52.1 Å². The summed E-state index contributed by atoms with van der Waals surface area (Å²) in [5.41, 5.74) is 17.6. The molecule has 0 unspecified atom stereocenters. The summed E-state index contributed by atoms with van der Waals surface area (Å²) in [6, 6.07) is 69.1. The van der Waals surface area contributed by atoms with E-state index in [1.807, 2.05) is 30.3 Å². The molecular weight excluding hydrogens is 769 g/mol. The van der Waals surface area contributed by atoms with E-state index in [-0.39, 0.29) is 5.41 Å². The Labute approximate surface area is 363 Å². The standard InChI is InChI=1S/C59H38N2O2/c1-59(2)49-20-12-19-45(57(49)48-32-36-15-6-7-16-37(36)33-50(48)59)52-34-51(60-58(61-52)35-13-4-3-5-14-35)42-28-40(38-23-25-55-46(30-38)43-17-8-10-21-53(43)62-55)27-41(29-42)39-24-26-56-47(31-39)44-18-9-11-22-54(44)63-56/h3-34H,1-2H3. The van der Waals surface area contributed by atoms with Crippen LogP contribution in [0, 0.1) is 0 Å². The Hall–Kier alpha value is -8.08. The molecule has 12 aromatic rings. The molecule has 9 aromatic carbocycles. The largest absolute Gasteiger partial charge is 0.456 e. The molecule has 0 saturated carbocycles. The Morgan fingerprint density at radius 1 is 0.349 bits per heavy atom. The monoisotopic (exact) mass is 806 g/mol. The summed E-state index contributed by atoms with van der Waals surface area (Å²) in [5, 5.41) is 6.87. The quantitative estimate of drug-likeness (QED) is 0.174. The molecule has 0 amide bonds. The van der Waals surface area contributed by atoms with Crippen molar-refractivity contribution in [1.29, 1.82) is 0 Å². The van der Waals surface area contributed by atoms with Gasteiger partial charge in [0.05, 0.1) is 11.4 Å². The number of furan rings is 2. The summed E-state index contributed by atoms with van der Waals surface area (Å²) in [5.74, 6) is 0.682. The molecule has 0 N–H and O–H groups in total. The summed E-state index contributed by atoms with van der Waals surface area (Å²) >= 11 is 0. The number of rotatable bonds is 5. The van der Waals surface area contributed by atoms with Crippen LogP contribution in [-0.2, 0) is 5.41 Å². The summed E-state index contributed by atoms with van der Waals surface area (Å²) in [6.07, 6.45) is 0. The van der Waals surface area contributed by atoms with Gasteiger partial charge in [-0.2, -0.15) is 0 Å². The van der Waals surface area contributed by atoms with Crippen LogP contribution in [0.2, 0.25) is 0 Å². The number of hydrogen-bond acceptors (Lipinski definition) is 4. The SMILES string of the molecule is CC1(C)c2cc3ccccc3cc2-c2c(-c3cc(-c4cc(-c5ccc6oc7ccccc7c6c5)cc(-c5ccc6oc7ccccc7c6c5)c4)nc(-c4ccccc4)n3)cccc21. The van der Waals surface area contributed by atoms with E-state index in [4.69, 9.17) is 18.8 Å². The van der Waals surface area contributed by atoms with Crippen LogP contribution in [0.5, 0.6) is 0 Å². The first-order valence-electron chi connectivity index (χ1n) is 21.5. The van der Waals surface area contributed by atoms with E-state index in [9.17, 15) is 0 Å². The maximum Gasteiger partial charge on any atom is 0.160 e. The molecule has 0 spiro atoms. The second kappa shape index (κ2) is 13.5. The number of para-hydroxylation sites is 2. The molecule has 4 heteroatoms. The van der Waals surface area contributed by atoms with Crippen LogP contribution in [0.1, 0.15) is 25.0 Å². The predicted octanol–water partition coefficient (Wildman–Crippen LogP) is 16.1. The Morgan fingerprint density at radius 2 is 0.905 bits per heavy atom. The van der Waals surface area contributed by atoms with Crippen molar-refractivity contribution in [2.45, 2.75) is 19.3 Å². The van der Waals surface area contributed by atoms with Gasteiger partial charge in [0.1, 0.15) is 22.3 Å². The van der Waals surface area contributed by atoms with Crippen molar-refractivity contribution >= 4 is 54.6 Å². The van der Waals surface area contributed by atoms with Gasteiger partial charge in [-0.05, 0) is 128 Å². The first kappa shape index (κ1) is 35.7. The number of nitrogens with zero attached hydrogens (tertiary/aromatic N) is 2. The Bertz CT molecular complexity index is 3700. The van der Waals surface area contributed by atoms with Gasteiger partial charge in [-0.3, -0.25) is 0 Å². The first-order valence-corrected chi connectivity index (χ1v) is 21.5. The van der Waals surface area contributed by atoms with Gasteiger partial charge < -0.3 is 8.83 Å². The van der Waals surface area contributed by atoms with Gasteiger partial charge in [0.2, 0.25) is 0 Å². The van der Waals surface area contributed by atoms with Crippen molar-refractivity contribution in [1.82, 2.24) is 9.97 Å². The highest BCUT2D eigenvalue weighted by Gasteiger charge is 2.37. The fourth-order valence-electron chi connectivity index (χ4n) is 10.1. The van der Waals surface area contributed by atoms with Crippen molar-refractivity contribution in [2.24, 2.45) is 0 Å². The van der Waals surface area contributed by atoms with Crippen LogP contribution in [0.15, 0.2) is 203 Å². The van der Waals surface area contributed by atoms with Gasteiger partial charge in [-0.25, -0.2) is 9.97 Å². The van der Waals surface area contributed by atoms with Gasteiger partial charge in [0.15, 0.2) is 5.82 Å². The second-order valence-corrected chi connectivity index (χ2v) is 17.3. The van der Waals surface area contributed by atoms with Crippen molar-refractivity contribution in [3.05, 3.63) is 205 Å². The number of hydrogen-bond donors (Lipinski definition) is 0. The van der Waals surface area contributed by atoms with Crippen molar-refractivity contribution in [3.8, 4) is 67.3 Å². The smallest absolute Gasteiger partial charge is 0.160 e. The summed E-state index contributed by atoms with van der Waals surface area (Å²) in [7, 11) is 0. The van der Waals surface area contributed by atoms with E-state index in [2.05, 4.69) is 178 Å². The van der Waals surface area contributed by atoms with E-state index in [0.717, 1.165) is 94.2 Å². The molecule has 3 aromatic heterocycles. The Kier molecular flexibility index (Phi) is 7.62. The second-order valence-electron chi connectivity index (χ2n) is 17.3. The predicted molar refractivity (Wildman–Crippen MR) is 259 cm³/mol. The molecule has 0 radical (unpaired) electrons. The maximum absolute atomic E-state index is 6.27. The lowest BCUT2D eigenvalue weighted by molar-refractivity contribution is 0.661. The molecule has 63 heavy (non-hydrogen) atoms. The molecule has 0 saturated heterocycles. The lowest BCUT2D eigenvalue weighted by Gasteiger charge is -2.22. The summed E-state index contributed by atoms with van der Waals surface area (Å²) < 4.78 is 12.5. The van der Waals surface area contributed by atoms with Gasteiger partial charge in [0, 0.05) is 43.7 Å². The third-order valence-corrected chi connectivity index (χ3v) is 13.2. The van der Waals surface area contributed by atoms with Gasteiger partial charge in [-0.15, -0.1) is 0 Å². The zero-order valence-electron chi connectivity index (χ0n) is 34.7. The molecule has 0 aliphatic heterocycles. The number of aromatic nitrogens is 2. The maximum atomic E-state index is 6.27. The average Bonchev–Trinajstić information content (AvgIpc) is 3.97. The molecule has 0 atom stereocenters. The average molecular weight is 807 g/mol. The van der Waals surface area contributed by atoms with E-state index >= 15 is 0 Å². The first-order chi connectivity index (χ1) is 30.9. The lowest BCUT2D eigenvalue weighted by atomic mass is 9.81. The highest BCUT2D eigenvalue weighted by Crippen LogP contribution is 2.53. The zero-order valence-corrected chi connectivity index (χ0v) is 34.7. The molecule has 3 heterocycles. The minimum Gasteiger partial charge on any atom is -0.456 e. The third-order valence-electron chi connectivity index (χ3n) is 13.2. The van der Waals surface area contributed by atoms with E-state index in [1.54, 1.807) is 0 Å². The summed E-state index contributed by atoms with van der Waals surface area (Å²) in [4.78, 5) is 10.8. The molecule has 13 rings (SSSR count). The van der Waals surface area contributed by atoms with Gasteiger partial charge in [0.25, 0.3) is 0 Å². The van der Waals surface area contributed by atoms with E-state index in [0.29, 0.717) is 5.82 Å². The number of fused-ring (bicyclic) bond motifs is 10. The molecule has 1 aliphatic rings. The minimum absolute atomic E-state index is 0.186. The molecule has 0 fully saturated rings. The van der Waals surface area contributed by atoms with Crippen LogP contribution < -0.4 is 0 Å². The normalized spacial score (nSPS) is 13.0. The summed E-state index contributed by atoms with van der Waals surface area (Å²) in [6.45, 7) is 4.69. The molecule has 1 aliphatic carbocycles. The fourth-order valence-corrected chi connectivity index (χ4v) is 10.1. The molecule has 296 valence electrons. The van der Waals surface area contributed by atoms with Crippen molar-refractivity contribution in [3.63, 3.8) is 0 Å². The van der Waals surface area contributed by atoms with E-state index in [1.165, 1.54) is 33.0 Å². The Morgan fingerprint density at radius 3 is 1.57 bits per heavy atom. The Balaban J connectivity index is 1.06. The highest BCUT2D eigenvalue weighted by atomic mass is 16.3. The van der Waals surface area contributed by atoms with Crippen LogP contribution >= 0.6 is 0 Å². The molecule has 0 bridgehead atoms. The van der Waals surface area contributed by atoms with Crippen LogP contribution in [0.25, 0.3) is 122 Å². The molecular formula is C59H38N2O2. The van der Waals surface area contributed by atoms with Crippen LogP contribution in [-0.4, -0.2) is 9.97 Å². The van der Waals surface area contributed by atoms with Crippen LogP contribution in [0.4, 0.5) is 0 Å². The van der Waals surface area contributed by atoms with Gasteiger partial charge >= 0.3 is 0 Å². The van der Waals surface area contributed by atoms with Crippen molar-refractivity contribution in [2.75, 3.05) is 0 Å². The highest BCUT2D eigenvalue weighted by molar-refractivity contribution is 6.08.